The molecule has 0 aliphatic carbocycles. The Morgan fingerprint density at radius 2 is 1.70 bits per heavy atom. The first-order valence-corrected chi connectivity index (χ1v) is 6.68. The highest BCUT2D eigenvalue weighted by Crippen LogP contribution is 2.28. The molecule has 0 saturated carbocycles. The first-order chi connectivity index (χ1) is 9.52. The molecule has 2 aromatic rings. The molecule has 1 unspecified atom stereocenters. The van der Waals surface area contributed by atoms with E-state index in [1.807, 2.05) is 37.3 Å². The molecule has 0 heterocycles. The summed E-state index contributed by atoms with van der Waals surface area (Å²) in [5.41, 5.74) is 3.95. The molecule has 0 aliphatic heterocycles. The number of carboxylic acids is 1. The largest absolute Gasteiger partial charge is 0.508 e. The molecule has 0 aromatic heterocycles. The SMILES string of the molecule is CCc1cc(-c2ccc(O)cc2)ccc1C(C)C(=O)O. The van der Waals surface area contributed by atoms with Crippen molar-refractivity contribution >= 4 is 5.97 Å². The number of aliphatic carboxylic acids is 1. The Bertz CT molecular complexity index is 615. The third-order valence-electron chi connectivity index (χ3n) is 3.56. The monoisotopic (exact) mass is 270 g/mol. The molecule has 2 N–H and O–H groups in total. The summed E-state index contributed by atoms with van der Waals surface area (Å²) in [7, 11) is 0. The van der Waals surface area contributed by atoms with Gasteiger partial charge in [0.15, 0.2) is 0 Å². The van der Waals surface area contributed by atoms with Gasteiger partial charge in [0.25, 0.3) is 0 Å². The molecule has 20 heavy (non-hydrogen) atoms. The minimum atomic E-state index is -0.808. The van der Waals surface area contributed by atoms with Gasteiger partial charge in [0.2, 0.25) is 0 Å². The van der Waals surface area contributed by atoms with Gasteiger partial charge in [-0.05, 0) is 47.7 Å². The number of benzene rings is 2. The Morgan fingerprint density at radius 1 is 1.10 bits per heavy atom. The summed E-state index contributed by atoms with van der Waals surface area (Å²) in [6.07, 6.45) is 0.791. The summed E-state index contributed by atoms with van der Waals surface area (Å²) in [4.78, 5) is 11.1. The molecule has 1 atom stereocenters. The van der Waals surface area contributed by atoms with Gasteiger partial charge in [0.1, 0.15) is 5.75 Å². The van der Waals surface area contributed by atoms with E-state index in [1.165, 1.54) is 0 Å². The van der Waals surface area contributed by atoms with Gasteiger partial charge in [0.05, 0.1) is 5.92 Å². The summed E-state index contributed by atoms with van der Waals surface area (Å²) in [6, 6.07) is 12.8. The molecule has 0 radical (unpaired) electrons. The van der Waals surface area contributed by atoms with E-state index < -0.39 is 11.9 Å². The van der Waals surface area contributed by atoms with Crippen molar-refractivity contribution in [3.63, 3.8) is 0 Å². The molecule has 0 amide bonds. The fourth-order valence-electron chi connectivity index (χ4n) is 2.30. The maximum absolute atomic E-state index is 11.1. The van der Waals surface area contributed by atoms with Gasteiger partial charge in [-0.2, -0.15) is 0 Å². The number of carboxylic acid groups (broad SMARTS) is 1. The molecular formula is C17H18O3. The highest BCUT2D eigenvalue weighted by atomic mass is 16.4. The number of hydrogen-bond acceptors (Lipinski definition) is 2. The molecule has 104 valence electrons. The van der Waals surface area contributed by atoms with Crippen molar-refractivity contribution in [2.24, 2.45) is 0 Å². The van der Waals surface area contributed by atoms with Crippen LogP contribution in [-0.2, 0) is 11.2 Å². The number of phenols is 1. The van der Waals surface area contributed by atoms with Gasteiger partial charge in [-0.1, -0.05) is 37.3 Å². The van der Waals surface area contributed by atoms with E-state index in [-0.39, 0.29) is 5.75 Å². The first-order valence-electron chi connectivity index (χ1n) is 6.68. The first kappa shape index (κ1) is 14.1. The van der Waals surface area contributed by atoms with E-state index >= 15 is 0 Å². The molecule has 0 fully saturated rings. The zero-order chi connectivity index (χ0) is 14.7. The van der Waals surface area contributed by atoms with Crippen molar-refractivity contribution in [1.82, 2.24) is 0 Å². The van der Waals surface area contributed by atoms with Gasteiger partial charge >= 0.3 is 5.97 Å². The summed E-state index contributed by atoms with van der Waals surface area (Å²) < 4.78 is 0. The Labute approximate surface area is 118 Å². The van der Waals surface area contributed by atoms with E-state index in [2.05, 4.69) is 0 Å². The van der Waals surface area contributed by atoms with Crippen LogP contribution in [0.5, 0.6) is 5.75 Å². The summed E-state index contributed by atoms with van der Waals surface area (Å²) >= 11 is 0. The van der Waals surface area contributed by atoms with Gasteiger partial charge in [0, 0.05) is 0 Å². The van der Waals surface area contributed by atoms with Crippen LogP contribution in [0, 0.1) is 0 Å². The van der Waals surface area contributed by atoms with Crippen molar-refractivity contribution in [3.05, 3.63) is 53.6 Å². The molecule has 0 aliphatic rings. The smallest absolute Gasteiger partial charge is 0.310 e. The summed E-state index contributed by atoms with van der Waals surface area (Å²) in [6.45, 7) is 3.73. The van der Waals surface area contributed by atoms with Gasteiger partial charge in [-0.3, -0.25) is 4.79 Å². The Kier molecular flexibility index (Phi) is 4.08. The minimum absolute atomic E-state index is 0.237. The van der Waals surface area contributed by atoms with Crippen LogP contribution in [0.1, 0.15) is 30.9 Å². The second-order valence-electron chi connectivity index (χ2n) is 4.87. The van der Waals surface area contributed by atoms with Crippen LogP contribution < -0.4 is 0 Å². The normalized spacial score (nSPS) is 12.1. The Morgan fingerprint density at radius 3 is 2.25 bits per heavy atom. The quantitative estimate of drug-likeness (QED) is 0.888. The molecule has 3 heteroatoms. The van der Waals surface area contributed by atoms with E-state index in [9.17, 15) is 9.90 Å². The average Bonchev–Trinajstić information content (AvgIpc) is 2.46. The fraction of sp³-hybridized carbons (Fsp3) is 0.235. The highest BCUT2D eigenvalue weighted by molar-refractivity contribution is 5.77. The van der Waals surface area contributed by atoms with Crippen molar-refractivity contribution in [2.45, 2.75) is 26.2 Å². The van der Waals surface area contributed by atoms with Crippen LogP contribution in [0.4, 0.5) is 0 Å². The summed E-state index contributed by atoms with van der Waals surface area (Å²) in [5.74, 6) is -1.07. The lowest BCUT2D eigenvalue weighted by molar-refractivity contribution is -0.138. The molecule has 3 nitrogen and oxygen atoms in total. The van der Waals surface area contributed by atoms with E-state index in [1.54, 1.807) is 19.1 Å². The lowest BCUT2D eigenvalue weighted by Gasteiger charge is -2.14. The molecule has 0 spiro atoms. The number of hydrogen-bond donors (Lipinski definition) is 2. The molecule has 0 saturated heterocycles. The number of aryl methyl sites for hydroxylation is 1. The second-order valence-corrected chi connectivity index (χ2v) is 4.87. The molecule has 2 rings (SSSR count). The van der Waals surface area contributed by atoms with Crippen LogP contribution in [0.3, 0.4) is 0 Å². The van der Waals surface area contributed by atoms with Gasteiger partial charge in [-0.15, -0.1) is 0 Å². The third-order valence-corrected chi connectivity index (χ3v) is 3.56. The molecular weight excluding hydrogens is 252 g/mol. The van der Waals surface area contributed by atoms with Crippen molar-refractivity contribution in [2.75, 3.05) is 0 Å². The van der Waals surface area contributed by atoms with Crippen molar-refractivity contribution < 1.29 is 15.0 Å². The maximum Gasteiger partial charge on any atom is 0.310 e. The van der Waals surface area contributed by atoms with Crippen molar-refractivity contribution in [1.29, 1.82) is 0 Å². The van der Waals surface area contributed by atoms with E-state index in [0.717, 1.165) is 28.7 Å². The number of phenolic OH excluding ortho intramolecular Hbond substituents is 1. The zero-order valence-corrected chi connectivity index (χ0v) is 11.6. The van der Waals surface area contributed by atoms with Crippen LogP contribution in [0.25, 0.3) is 11.1 Å². The lowest BCUT2D eigenvalue weighted by atomic mass is 9.91. The summed E-state index contributed by atoms with van der Waals surface area (Å²) in [5, 5.41) is 18.5. The fourth-order valence-corrected chi connectivity index (χ4v) is 2.30. The van der Waals surface area contributed by atoms with E-state index in [4.69, 9.17) is 5.11 Å². The third kappa shape index (κ3) is 2.82. The average molecular weight is 270 g/mol. The van der Waals surface area contributed by atoms with Gasteiger partial charge < -0.3 is 10.2 Å². The predicted molar refractivity (Wildman–Crippen MR) is 79.0 cm³/mol. The maximum atomic E-state index is 11.1. The second kappa shape index (κ2) is 5.78. The Hall–Kier alpha value is -2.29. The van der Waals surface area contributed by atoms with Crippen LogP contribution in [-0.4, -0.2) is 16.2 Å². The van der Waals surface area contributed by atoms with Gasteiger partial charge in [-0.25, -0.2) is 0 Å². The highest BCUT2D eigenvalue weighted by Gasteiger charge is 2.17. The van der Waals surface area contributed by atoms with Crippen LogP contribution >= 0.6 is 0 Å². The topological polar surface area (TPSA) is 57.5 Å². The number of aromatic hydroxyl groups is 1. The Balaban J connectivity index is 2.43. The van der Waals surface area contributed by atoms with Crippen molar-refractivity contribution in [3.8, 4) is 16.9 Å². The zero-order valence-electron chi connectivity index (χ0n) is 11.6. The minimum Gasteiger partial charge on any atom is -0.508 e. The number of carbonyl (C=O) groups is 1. The molecule has 2 aromatic carbocycles. The van der Waals surface area contributed by atoms with Crippen LogP contribution in [0.15, 0.2) is 42.5 Å². The number of rotatable bonds is 4. The predicted octanol–water partition coefficient (Wildman–Crippen LogP) is 3.81. The molecule has 0 bridgehead atoms. The lowest BCUT2D eigenvalue weighted by Crippen LogP contribution is -2.09. The van der Waals surface area contributed by atoms with Crippen LogP contribution in [0.2, 0.25) is 0 Å². The standard InChI is InChI=1S/C17H18O3/c1-3-12-10-14(13-4-7-15(18)8-5-13)6-9-16(12)11(2)17(19)20/h4-11,18H,3H2,1-2H3,(H,19,20). The van der Waals surface area contributed by atoms with E-state index in [0.29, 0.717) is 0 Å².